The van der Waals surface area contributed by atoms with E-state index < -0.39 is 6.10 Å². The Labute approximate surface area is 155 Å². The van der Waals surface area contributed by atoms with Gasteiger partial charge in [-0.2, -0.15) is 4.98 Å². The number of nitrogens with zero attached hydrogens (tertiary/aromatic N) is 3. The molecule has 2 N–H and O–H groups in total. The van der Waals surface area contributed by atoms with Crippen LogP contribution in [-0.2, 0) is 9.47 Å². The fourth-order valence-electron chi connectivity index (χ4n) is 3.96. The summed E-state index contributed by atoms with van der Waals surface area (Å²) >= 11 is 6.44. The van der Waals surface area contributed by atoms with E-state index in [1.807, 2.05) is 6.07 Å². The van der Waals surface area contributed by atoms with Gasteiger partial charge in [-0.05, 0) is 25.3 Å². The maximum Gasteiger partial charge on any atom is 0.296 e. The number of ether oxygens (including phenoxy) is 3. The molecule has 0 radical (unpaired) electrons. The molecule has 0 spiro atoms. The Hall–Kier alpha value is -1.61. The van der Waals surface area contributed by atoms with E-state index in [-0.39, 0.29) is 24.9 Å². The van der Waals surface area contributed by atoms with Crippen molar-refractivity contribution in [3.05, 3.63) is 11.1 Å². The summed E-state index contributed by atoms with van der Waals surface area (Å²) in [5.41, 5.74) is 1.31. The number of hydrogen-bond acceptors (Lipinski definition) is 7. The van der Waals surface area contributed by atoms with Gasteiger partial charge in [-0.15, -0.1) is 0 Å². The highest BCUT2D eigenvalue weighted by Crippen LogP contribution is 2.32. The normalized spacial score (nSPS) is 31.5. The van der Waals surface area contributed by atoms with Crippen molar-refractivity contribution in [3.63, 3.8) is 0 Å². The molecule has 0 saturated carbocycles. The van der Waals surface area contributed by atoms with Gasteiger partial charge in [-0.25, -0.2) is 4.98 Å². The number of aromatic amines is 1. The van der Waals surface area contributed by atoms with Gasteiger partial charge in [0.1, 0.15) is 24.1 Å². The molecule has 4 atom stereocenters. The smallest absolute Gasteiger partial charge is 0.296 e. The lowest BCUT2D eigenvalue weighted by atomic mass is 10.1. The van der Waals surface area contributed by atoms with Crippen molar-refractivity contribution in [1.29, 1.82) is 0 Å². The van der Waals surface area contributed by atoms with E-state index in [4.69, 9.17) is 25.8 Å². The largest absolute Gasteiger partial charge is 0.456 e. The molecule has 0 bridgehead atoms. The van der Waals surface area contributed by atoms with Crippen LogP contribution in [0.1, 0.15) is 19.3 Å². The first kappa shape index (κ1) is 16.6. The Morgan fingerprint density at radius 3 is 2.81 bits per heavy atom. The van der Waals surface area contributed by atoms with Crippen molar-refractivity contribution in [2.45, 2.75) is 43.7 Å². The average molecular weight is 381 g/mol. The number of rotatable bonds is 3. The molecule has 0 aliphatic carbocycles. The van der Waals surface area contributed by atoms with Crippen LogP contribution in [0.4, 0.5) is 5.82 Å². The molecule has 3 fully saturated rings. The summed E-state index contributed by atoms with van der Waals surface area (Å²) in [4.78, 5) is 14.4. The Kier molecular flexibility index (Phi) is 4.16. The minimum absolute atomic E-state index is 0.270. The number of fused-ring (bicyclic) bond motifs is 2. The van der Waals surface area contributed by atoms with Gasteiger partial charge in [0.05, 0.1) is 23.8 Å². The Balaban J connectivity index is 1.38. The van der Waals surface area contributed by atoms with Crippen molar-refractivity contribution >= 4 is 28.6 Å². The molecule has 4 unspecified atom stereocenters. The van der Waals surface area contributed by atoms with Crippen LogP contribution < -0.4 is 9.64 Å². The number of pyridine rings is 1. The van der Waals surface area contributed by atoms with Crippen molar-refractivity contribution in [3.8, 4) is 6.01 Å². The molecule has 2 aromatic rings. The SMILES string of the molecule is OC1COC2C(Oc3nc4nc(N5CCCCC5)c(Cl)cc4[nH]3)COC12. The lowest BCUT2D eigenvalue weighted by Crippen LogP contribution is -2.34. The molecule has 2 aromatic heterocycles. The van der Waals surface area contributed by atoms with Crippen LogP contribution in [0.15, 0.2) is 6.07 Å². The van der Waals surface area contributed by atoms with Gasteiger partial charge in [0.25, 0.3) is 6.01 Å². The number of H-pyrrole nitrogens is 1. The highest BCUT2D eigenvalue weighted by Gasteiger charge is 2.48. The van der Waals surface area contributed by atoms with Crippen molar-refractivity contribution < 1.29 is 19.3 Å². The van der Waals surface area contributed by atoms with E-state index >= 15 is 0 Å². The van der Waals surface area contributed by atoms with Crippen LogP contribution in [0.5, 0.6) is 6.01 Å². The highest BCUT2D eigenvalue weighted by atomic mass is 35.5. The molecule has 5 heterocycles. The first-order chi connectivity index (χ1) is 12.7. The van der Waals surface area contributed by atoms with Gasteiger partial charge >= 0.3 is 0 Å². The molecule has 3 saturated heterocycles. The number of anilines is 1. The molecule has 3 aliphatic rings. The summed E-state index contributed by atoms with van der Waals surface area (Å²) in [5, 5.41) is 10.4. The molecule has 3 aliphatic heterocycles. The third kappa shape index (κ3) is 2.81. The predicted octanol–water partition coefficient (Wildman–Crippen LogP) is 1.51. The molecular formula is C17H21ClN4O4. The van der Waals surface area contributed by atoms with Crippen LogP contribution >= 0.6 is 11.6 Å². The van der Waals surface area contributed by atoms with Crippen LogP contribution in [0.3, 0.4) is 0 Å². The zero-order valence-electron chi connectivity index (χ0n) is 14.2. The topological polar surface area (TPSA) is 92.7 Å². The fourth-order valence-corrected chi connectivity index (χ4v) is 4.23. The molecule has 9 heteroatoms. The number of aromatic nitrogens is 3. The second kappa shape index (κ2) is 6.53. The van der Waals surface area contributed by atoms with Crippen LogP contribution in [0, 0.1) is 0 Å². The summed E-state index contributed by atoms with van der Waals surface area (Å²) < 4.78 is 17.1. The zero-order chi connectivity index (χ0) is 17.7. The Bertz CT molecular complexity index is 809. The number of halogens is 1. The minimum Gasteiger partial charge on any atom is -0.456 e. The van der Waals surface area contributed by atoms with E-state index in [1.165, 1.54) is 6.42 Å². The summed E-state index contributed by atoms with van der Waals surface area (Å²) in [6, 6.07) is 2.20. The summed E-state index contributed by atoms with van der Waals surface area (Å²) in [6.45, 7) is 2.56. The van der Waals surface area contributed by atoms with Gasteiger partial charge in [0, 0.05) is 13.1 Å². The van der Waals surface area contributed by atoms with Gasteiger partial charge in [0.2, 0.25) is 0 Å². The second-order valence-electron chi connectivity index (χ2n) is 7.07. The zero-order valence-corrected chi connectivity index (χ0v) is 15.0. The molecule has 0 amide bonds. The fraction of sp³-hybridized carbons (Fsp3) is 0.647. The van der Waals surface area contributed by atoms with E-state index in [1.54, 1.807) is 0 Å². The molecular weight excluding hydrogens is 360 g/mol. The monoisotopic (exact) mass is 380 g/mol. The molecule has 5 rings (SSSR count). The Morgan fingerprint density at radius 1 is 1.15 bits per heavy atom. The third-order valence-electron chi connectivity index (χ3n) is 5.29. The number of aliphatic hydroxyl groups is 1. The summed E-state index contributed by atoms with van der Waals surface area (Å²) in [5.74, 6) is 0.781. The molecule has 0 aromatic carbocycles. The van der Waals surface area contributed by atoms with E-state index in [2.05, 4.69) is 19.9 Å². The second-order valence-corrected chi connectivity index (χ2v) is 7.48. The van der Waals surface area contributed by atoms with Crippen LogP contribution in [-0.4, -0.2) is 70.8 Å². The van der Waals surface area contributed by atoms with Gasteiger partial charge in [-0.3, -0.25) is 0 Å². The third-order valence-corrected chi connectivity index (χ3v) is 5.57. The van der Waals surface area contributed by atoms with Crippen molar-refractivity contribution in [2.75, 3.05) is 31.2 Å². The maximum atomic E-state index is 9.82. The Morgan fingerprint density at radius 2 is 1.96 bits per heavy atom. The van der Waals surface area contributed by atoms with E-state index in [0.717, 1.165) is 37.3 Å². The minimum atomic E-state index is -0.600. The van der Waals surface area contributed by atoms with Gasteiger partial charge in [-0.1, -0.05) is 11.6 Å². The van der Waals surface area contributed by atoms with Gasteiger partial charge < -0.3 is 29.2 Å². The quantitative estimate of drug-likeness (QED) is 0.833. The highest BCUT2D eigenvalue weighted by molar-refractivity contribution is 6.33. The van der Waals surface area contributed by atoms with Crippen LogP contribution in [0.2, 0.25) is 5.02 Å². The lowest BCUT2D eigenvalue weighted by molar-refractivity contribution is 0.00706. The van der Waals surface area contributed by atoms with Crippen molar-refractivity contribution in [2.24, 2.45) is 0 Å². The number of imidazole rings is 1. The number of piperidine rings is 1. The number of aliphatic hydroxyl groups excluding tert-OH is 1. The first-order valence-corrected chi connectivity index (χ1v) is 9.46. The lowest BCUT2D eigenvalue weighted by Gasteiger charge is -2.28. The molecule has 140 valence electrons. The summed E-state index contributed by atoms with van der Waals surface area (Å²) in [7, 11) is 0. The average Bonchev–Trinajstić information content (AvgIpc) is 3.32. The summed E-state index contributed by atoms with van der Waals surface area (Å²) in [6.07, 6.45) is 2.04. The molecule has 26 heavy (non-hydrogen) atoms. The van der Waals surface area contributed by atoms with Gasteiger partial charge in [0.15, 0.2) is 11.8 Å². The maximum absolute atomic E-state index is 9.82. The number of hydrogen-bond donors (Lipinski definition) is 2. The first-order valence-electron chi connectivity index (χ1n) is 9.08. The van der Waals surface area contributed by atoms with Crippen molar-refractivity contribution in [1.82, 2.24) is 15.0 Å². The van der Waals surface area contributed by atoms with E-state index in [9.17, 15) is 5.11 Å². The molecule has 8 nitrogen and oxygen atoms in total. The standard InChI is InChI=1S/C17H21ClN4O4/c18-9-6-10-15(20-16(9)22-4-2-1-3-5-22)21-17(19-10)26-12-8-25-13-11(23)7-24-14(12)13/h6,11-14,23H,1-5,7-8H2,(H,19,20,21). The number of nitrogens with one attached hydrogen (secondary N) is 1. The van der Waals surface area contributed by atoms with Crippen LogP contribution in [0.25, 0.3) is 11.2 Å². The predicted molar refractivity (Wildman–Crippen MR) is 94.9 cm³/mol. The van der Waals surface area contributed by atoms with E-state index in [0.29, 0.717) is 23.3 Å².